The Morgan fingerprint density at radius 1 is 1.58 bits per heavy atom. The zero-order valence-electron chi connectivity index (χ0n) is 7.87. The average Bonchev–Trinajstić information content (AvgIpc) is 2.64. The van der Waals surface area contributed by atoms with E-state index in [4.69, 9.17) is 14.2 Å². The van der Waals surface area contributed by atoms with Crippen molar-refractivity contribution in [3.05, 3.63) is 0 Å². The summed E-state index contributed by atoms with van der Waals surface area (Å²) in [6.07, 6.45) is 1.56. The Morgan fingerprint density at radius 2 is 2.25 bits per heavy atom. The first-order chi connectivity index (χ1) is 5.74. The van der Waals surface area contributed by atoms with Crippen LogP contribution in [0.4, 0.5) is 0 Å². The summed E-state index contributed by atoms with van der Waals surface area (Å²) >= 11 is 0. The van der Waals surface area contributed by atoms with E-state index in [1.54, 1.807) is 14.2 Å². The van der Waals surface area contributed by atoms with Crippen molar-refractivity contribution in [2.24, 2.45) is 0 Å². The predicted molar refractivity (Wildman–Crippen MR) is 47.2 cm³/mol. The third kappa shape index (κ3) is 0.950. The van der Waals surface area contributed by atoms with Gasteiger partial charge in [0.1, 0.15) is 20.1 Å². The van der Waals surface area contributed by atoms with E-state index in [1.165, 1.54) is 0 Å². The van der Waals surface area contributed by atoms with Gasteiger partial charge in [-0.1, -0.05) is 0 Å². The third-order valence-electron chi connectivity index (χ3n) is 3.07. The Kier molecular flexibility index (Phi) is 1.94. The minimum absolute atomic E-state index is 0.0674. The van der Waals surface area contributed by atoms with Crippen molar-refractivity contribution < 1.29 is 14.2 Å². The summed E-state index contributed by atoms with van der Waals surface area (Å²) in [5, 5.41) is 0. The molecule has 0 bridgehead atoms. The quantitative estimate of drug-likeness (QED) is 0.540. The molecule has 4 atom stereocenters. The van der Waals surface area contributed by atoms with Crippen LogP contribution in [0.2, 0.25) is 5.82 Å². The van der Waals surface area contributed by atoms with Gasteiger partial charge in [-0.15, -0.1) is 0 Å². The molecule has 0 aromatic rings. The van der Waals surface area contributed by atoms with Crippen LogP contribution in [-0.2, 0) is 14.2 Å². The fraction of sp³-hybridized carbons (Fsp3) is 1.00. The SMILES string of the molecule is B[C@H]1C[C@@]12O[C@H](COC)[C@@H]2OC. The summed E-state index contributed by atoms with van der Waals surface area (Å²) in [5.41, 5.74) is 0.0674. The number of rotatable bonds is 3. The minimum atomic E-state index is 0.0674. The highest BCUT2D eigenvalue weighted by Gasteiger charge is 2.68. The van der Waals surface area contributed by atoms with Crippen molar-refractivity contribution in [3.63, 3.8) is 0 Å². The molecule has 1 aliphatic heterocycles. The van der Waals surface area contributed by atoms with E-state index < -0.39 is 0 Å². The molecule has 0 aromatic carbocycles. The van der Waals surface area contributed by atoms with Crippen LogP contribution >= 0.6 is 0 Å². The van der Waals surface area contributed by atoms with Crippen LogP contribution in [0.25, 0.3) is 0 Å². The van der Waals surface area contributed by atoms with Gasteiger partial charge >= 0.3 is 0 Å². The topological polar surface area (TPSA) is 27.7 Å². The van der Waals surface area contributed by atoms with Crippen LogP contribution < -0.4 is 0 Å². The maximum atomic E-state index is 5.74. The van der Waals surface area contributed by atoms with Crippen molar-refractivity contribution in [3.8, 4) is 0 Å². The highest BCUT2D eigenvalue weighted by atomic mass is 16.6. The van der Waals surface area contributed by atoms with Crippen LogP contribution in [0.15, 0.2) is 0 Å². The molecule has 2 rings (SSSR count). The number of hydrogen-bond acceptors (Lipinski definition) is 3. The predicted octanol–water partition coefficient (Wildman–Crippen LogP) is -0.389. The lowest BCUT2D eigenvalue weighted by molar-refractivity contribution is -0.260. The van der Waals surface area contributed by atoms with E-state index in [0.717, 1.165) is 6.42 Å². The molecule has 1 heterocycles. The Hall–Kier alpha value is -0.0551. The van der Waals surface area contributed by atoms with Crippen molar-refractivity contribution >= 4 is 7.85 Å². The second-order valence-electron chi connectivity index (χ2n) is 3.83. The van der Waals surface area contributed by atoms with Gasteiger partial charge in [-0.3, -0.25) is 0 Å². The largest absolute Gasteiger partial charge is 0.382 e. The Bertz CT molecular complexity index is 187. The van der Waals surface area contributed by atoms with E-state index in [2.05, 4.69) is 7.85 Å². The first-order valence-electron chi connectivity index (χ1n) is 4.44. The lowest BCUT2D eigenvalue weighted by Gasteiger charge is -2.45. The van der Waals surface area contributed by atoms with E-state index >= 15 is 0 Å². The lowest BCUT2D eigenvalue weighted by Crippen LogP contribution is -2.59. The first-order valence-corrected chi connectivity index (χ1v) is 4.44. The molecule has 2 aliphatic rings. The van der Waals surface area contributed by atoms with Crippen molar-refractivity contribution in [1.29, 1.82) is 0 Å². The van der Waals surface area contributed by atoms with Crippen LogP contribution in [0.5, 0.6) is 0 Å². The molecule has 2 fully saturated rings. The molecule has 0 radical (unpaired) electrons. The van der Waals surface area contributed by atoms with Crippen molar-refractivity contribution in [2.45, 2.75) is 30.0 Å². The second kappa shape index (κ2) is 2.72. The van der Waals surface area contributed by atoms with E-state index in [0.29, 0.717) is 12.4 Å². The summed E-state index contributed by atoms with van der Waals surface area (Å²) in [6, 6.07) is 0. The van der Waals surface area contributed by atoms with Crippen LogP contribution in [-0.4, -0.2) is 46.5 Å². The van der Waals surface area contributed by atoms with Gasteiger partial charge in [-0.05, 0) is 12.2 Å². The van der Waals surface area contributed by atoms with Gasteiger partial charge in [0.15, 0.2) is 0 Å². The van der Waals surface area contributed by atoms with Gasteiger partial charge in [0.05, 0.1) is 12.2 Å². The molecule has 0 N–H and O–H groups in total. The first kappa shape index (κ1) is 8.54. The Labute approximate surface area is 73.8 Å². The maximum Gasteiger partial charge on any atom is 0.114 e. The number of hydrogen-bond donors (Lipinski definition) is 0. The van der Waals surface area contributed by atoms with E-state index in [-0.39, 0.29) is 17.8 Å². The lowest BCUT2D eigenvalue weighted by atomic mass is 9.89. The Morgan fingerprint density at radius 3 is 2.67 bits per heavy atom. The summed E-state index contributed by atoms with van der Waals surface area (Å²) in [4.78, 5) is 0. The van der Waals surface area contributed by atoms with Crippen LogP contribution in [0.3, 0.4) is 0 Å². The van der Waals surface area contributed by atoms with Gasteiger partial charge in [0, 0.05) is 14.2 Å². The van der Waals surface area contributed by atoms with E-state index in [9.17, 15) is 0 Å². The normalized spacial score (nSPS) is 50.7. The molecule has 0 unspecified atom stereocenters. The third-order valence-corrected chi connectivity index (χ3v) is 3.07. The molecular formula is C8H15BO3. The molecule has 0 aromatic heterocycles. The molecule has 12 heavy (non-hydrogen) atoms. The number of methoxy groups -OCH3 is 2. The highest BCUT2D eigenvalue weighted by molar-refractivity contribution is 6.15. The summed E-state index contributed by atoms with van der Waals surface area (Å²) in [7, 11) is 5.65. The van der Waals surface area contributed by atoms with Crippen molar-refractivity contribution in [2.75, 3.05) is 20.8 Å². The van der Waals surface area contributed by atoms with Crippen molar-refractivity contribution in [1.82, 2.24) is 0 Å². The fourth-order valence-corrected chi connectivity index (χ4v) is 2.27. The molecule has 1 aliphatic carbocycles. The average molecular weight is 170 g/mol. The second-order valence-corrected chi connectivity index (χ2v) is 3.83. The molecule has 0 amide bonds. The monoisotopic (exact) mass is 170 g/mol. The molecule has 1 saturated heterocycles. The fourth-order valence-electron chi connectivity index (χ4n) is 2.27. The van der Waals surface area contributed by atoms with Gasteiger partial charge in [-0.25, -0.2) is 0 Å². The Balaban J connectivity index is 1.91. The standard InChI is InChI=1S/C8H15BO3/c1-10-4-5-7(11-2)8(12-5)3-6(8)9/h5-7H,3-4,9H2,1-2H3/t5-,6+,7+,8-/m1/s1. The summed E-state index contributed by atoms with van der Waals surface area (Å²) in [6.45, 7) is 0.646. The van der Waals surface area contributed by atoms with Gasteiger partial charge < -0.3 is 14.2 Å². The summed E-state index contributed by atoms with van der Waals surface area (Å²) < 4.78 is 16.2. The van der Waals surface area contributed by atoms with Gasteiger partial charge in [-0.2, -0.15) is 0 Å². The van der Waals surface area contributed by atoms with Gasteiger partial charge in [0.2, 0.25) is 0 Å². The van der Waals surface area contributed by atoms with E-state index in [1.807, 2.05) is 0 Å². The molecule has 1 saturated carbocycles. The molecular weight excluding hydrogens is 155 g/mol. The molecule has 3 nitrogen and oxygen atoms in total. The molecule has 68 valence electrons. The zero-order valence-corrected chi connectivity index (χ0v) is 7.87. The number of ether oxygens (including phenoxy) is 3. The molecule has 4 heteroatoms. The smallest absolute Gasteiger partial charge is 0.114 e. The van der Waals surface area contributed by atoms with Gasteiger partial charge in [0.25, 0.3) is 0 Å². The highest BCUT2D eigenvalue weighted by Crippen LogP contribution is 2.61. The summed E-state index contributed by atoms with van der Waals surface area (Å²) in [5.74, 6) is 0.663. The van der Waals surface area contributed by atoms with Crippen LogP contribution in [0, 0.1) is 0 Å². The maximum absolute atomic E-state index is 5.74. The zero-order chi connectivity index (χ0) is 8.77. The minimum Gasteiger partial charge on any atom is -0.382 e. The van der Waals surface area contributed by atoms with Crippen LogP contribution in [0.1, 0.15) is 6.42 Å². The molecule has 1 spiro atoms.